The third-order valence-electron chi connectivity index (χ3n) is 2.97. The zero-order chi connectivity index (χ0) is 12.7. The van der Waals surface area contributed by atoms with Gasteiger partial charge in [-0.25, -0.2) is 13.8 Å². The van der Waals surface area contributed by atoms with Gasteiger partial charge in [0.1, 0.15) is 10.5 Å². The molecule has 1 N–H and O–H groups in total. The third-order valence-corrected chi connectivity index (χ3v) is 3.18. The van der Waals surface area contributed by atoms with E-state index in [2.05, 4.69) is 9.97 Å². The molecule has 2 aromatic rings. The maximum atomic E-state index is 13.2. The molecule has 2 nitrogen and oxygen atoms in total. The van der Waals surface area contributed by atoms with Crippen LogP contribution in [0.25, 0.3) is 11.4 Å². The number of hydrogen-bond acceptors (Lipinski definition) is 2. The molecule has 5 heteroatoms. The largest absolute Gasteiger partial charge is 0.343 e. The molecule has 1 saturated carbocycles. The van der Waals surface area contributed by atoms with E-state index in [1.54, 1.807) is 0 Å². The Labute approximate surface area is 108 Å². The fourth-order valence-electron chi connectivity index (χ4n) is 1.87. The fourth-order valence-corrected chi connectivity index (χ4v) is 2.09. The van der Waals surface area contributed by atoms with Gasteiger partial charge in [-0.3, -0.25) is 0 Å². The lowest BCUT2D eigenvalue weighted by molar-refractivity contribution is 0.509. The van der Waals surface area contributed by atoms with Gasteiger partial charge < -0.3 is 4.98 Å². The van der Waals surface area contributed by atoms with Crippen LogP contribution < -0.4 is 0 Å². The average Bonchev–Trinajstić information content (AvgIpc) is 3.16. The van der Waals surface area contributed by atoms with Crippen LogP contribution in [0.15, 0.2) is 24.3 Å². The van der Waals surface area contributed by atoms with Gasteiger partial charge in [0.2, 0.25) is 0 Å². The Hall–Kier alpha value is -1.62. The highest BCUT2D eigenvalue weighted by molar-refractivity contribution is 7.71. The normalized spacial score (nSPS) is 14.8. The highest BCUT2D eigenvalue weighted by Gasteiger charge is 2.24. The molecule has 1 aromatic heterocycles. The van der Waals surface area contributed by atoms with Gasteiger partial charge in [0, 0.05) is 11.3 Å². The Morgan fingerprint density at radius 1 is 1.17 bits per heavy atom. The second-order valence-corrected chi connectivity index (χ2v) is 4.84. The maximum absolute atomic E-state index is 13.2. The Kier molecular flexibility index (Phi) is 2.70. The van der Waals surface area contributed by atoms with E-state index in [0.29, 0.717) is 21.9 Å². The number of nitrogens with one attached hydrogen (secondary N) is 1. The molecule has 0 saturated heterocycles. The maximum Gasteiger partial charge on any atom is 0.159 e. The summed E-state index contributed by atoms with van der Waals surface area (Å²) in [5.74, 6) is -0.761. The summed E-state index contributed by atoms with van der Waals surface area (Å²) in [6.45, 7) is 0. The zero-order valence-corrected chi connectivity index (χ0v) is 10.2. The Balaban J connectivity index is 2.09. The first kappa shape index (κ1) is 11.5. The van der Waals surface area contributed by atoms with Crippen molar-refractivity contribution in [2.24, 2.45) is 0 Å². The SMILES string of the molecule is Fc1ccc(-c2nc(=S)cc(C3CC3)[nH]2)cc1F. The molecule has 0 unspecified atom stereocenters. The van der Waals surface area contributed by atoms with Crippen LogP contribution >= 0.6 is 12.2 Å². The van der Waals surface area contributed by atoms with Crippen LogP contribution in [0.3, 0.4) is 0 Å². The van der Waals surface area contributed by atoms with Crippen molar-refractivity contribution in [1.29, 1.82) is 0 Å². The lowest BCUT2D eigenvalue weighted by Crippen LogP contribution is -1.96. The van der Waals surface area contributed by atoms with Gasteiger partial charge in [-0.05, 0) is 43.0 Å². The summed E-state index contributed by atoms with van der Waals surface area (Å²) >= 11 is 5.09. The number of aromatic nitrogens is 2. The summed E-state index contributed by atoms with van der Waals surface area (Å²) in [5.41, 5.74) is 1.53. The van der Waals surface area contributed by atoms with Crippen molar-refractivity contribution in [3.63, 3.8) is 0 Å². The number of nitrogens with zero attached hydrogens (tertiary/aromatic N) is 1. The van der Waals surface area contributed by atoms with Crippen molar-refractivity contribution in [3.8, 4) is 11.4 Å². The molecule has 0 atom stereocenters. The second kappa shape index (κ2) is 4.24. The number of hydrogen-bond donors (Lipinski definition) is 1. The van der Waals surface area contributed by atoms with Crippen LogP contribution in [0.4, 0.5) is 8.78 Å². The molecule has 0 aliphatic heterocycles. The lowest BCUT2D eigenvalue weighted by Gasteiger charge is -2.05. The smallest absolute Gasteiger partial charge is 0.159 e. The number of halogens is 2. The molecular weight excluding hydrogens is 254 g/mol. The topological polar surface area (TPSA) is 28.7 Å². The van der Waals surface area contributed by atoms with Crippen molar-refractivity contribution < 1.29 is 8.78 Å². The second-order valence-electron chi connectivity index (χ2n) is 4.43. The van der Waals surface area contributed by atoms with Crippen LogP contribution in [-0.2, 0) is 0 Å². The van der Waals surface area contributed by atoms with Crippen LogP contribution in [0.5, 0.6) is 0 Å². The van der Waals surface area contributed by atoms with Crippen LogP contribution in [0.2, 0.25) is 0 Å². The van der Waals surface area contributed by atoms with E-state index >= 15 is 0 Å². The van der Waals surface area contributed by atoms with Gasteiger partial charge in [-0.2, -0.15) is 0 Å². The number of rotatable bonds is 2. The molecule has 3 rings (SSSR count). The molecule has 0 radical (unpaired) electrons. The summed E-state index contributed by atoms with van der Waals surface area (Å²) in [6.07, 6.45) is 2.26. The average molecular weight is 264 g/mol. The van der Waals surface area contributed by atoms with Crippen molar-refractivity contribution in [2.45, 2.75) is 18.8 Å². The summed E-state index contributed by atoms with van der Waals surface area (Å²) < 4.78 is 26.5. The van der Waals surface area contributed by atoms with Crippen molar-refractivity contribution in [3.05, 3.63) is 46.2 Å². The van der Waals surface area contributed by atoms with E-state index in [-0.39, 0.29) is 0 Å². The van der Waals surface area contributed by atoms with E-state index in [1.807, 2.05) is 6.07 Å². The third kappa shape index (κ3) is 2.18. The number of benzene rings is 1. The fraction of sp³-hybridized carbons (Fsp3) is 0.231. The van der Waals surface area contributed by atoms with Gasteiger partial charge in [0.25, 0.3) is 0 Å². The molecule has 1 aromatic carbocycles. The molecule has 1 aliphatic carbocycles. The van der Waals surface area contributed by atoms with Crippen molar-refractivity contribution >= 4 is 12.2 Å². The van der Waals surface area contributed by atoms with E-state index < -0.39 is 11.6 Å². The molecular formula is C13H10F2N2S. The predicted molar refractivity (Wildman–Crippen MR) is 66.7 cm³/mol. The monoisotopic (exact) mass is 264 g/mol. The summed E-state index contributed by atoms with van der Waals surface area (Å²) in [5, 5.41) is 0. The zero-order valence-electron chi connectivity index (χ0n) is 9.41. The van der Waals surface area contributed by atoms with Gasteiger partial charge in [-0.15, -0.1) is 0 Å². The van der Waals surface area contributed by atoms with E-state index in [0.717, 1.165) is 30.7 Å². The summed E-state index contributed by atoms with van der Waals surface area (Å²) in [7, 11) is 0. The van der Waals surface area contributed by atoms with E-state index in [9.17, 15) is 8.78 Å². The number of H-pyrrole nitrogens is 1. The number of aromatic amines is 1. The molecule has 1 fully saturated rings. The lowest BCUT2D eigenvalue weighted by atomic mass is 10.2. The first-order chi connectivity index (χ1) is 8.63. The first-order valence-corrected chi connectivity index (χ1v) is 6.11. The van der Waals surface area contributed by atoms with Gasteiger partial charge in [0.05, 0.1) is 0 Å². The molecule has 1 heterocycles. The Morgan fingerprint density at radius 3 is 2.61 bits per heavy atom. The Morgan fingerprint density at radius 2 is 1.94 bits per heavy atom. The summed E-state index contributed by atoms with van der Waals surface area (Å²) in [4.78, 5) is 7.30. The van der Waals surface area contributed by atoms with Gasteiger partial charge >= 0.3 is 0 Å². The first-order valence-electron chi connectivity index (χ1n) is 5.70. The van der Waals surface area contributed by atoms with Crippen LogP contribution in [-0.4, -0.2) is 9.97 Å². The molecule has 0 bridgehead atoms. The van der Waals surface area contributed by atoms with E-state index in [4.69, 9.17) is 12.2 Å². The molecule has 0 amide bonds. The standard InChI is InChI=1S/C13H10F2N2S/c14-9-4-3-8(5-10(9)15)13-16-11(7-1-2-7)6-12(18)17-13/h3-7H,1-2H2,(H,16,17,18). The van der Waals surface area contributed by atoms with Gasteiger partial charge in [0.15, 0.2) is 11.6 Å². The molecule has 1 aliphatic rings. The molecule has 92 valence electrons. The minimum atomic E-state index is -0.884. The van der Waals surface area contributed by atoms with Gasteiger partial charge in [-0.1, -0.05) is 12.2 Å². The predicted octanol–water partition coefficient (Wildman–Crippen LogP) is 3.96. The molecule has 0 spiro atoms. The van der Waals surface area contributed by atoms with Crippen LogP contribution in [0, 0.1) is 16.3 Å². The van der Waals surface area contributed by atoms with Crippen molar-refractivity contribution in [1.82, 2.24) is 9.97 Å². The summed E-state index contributed by atoms with van der Waals surface area (Å²) in [6, 6.07) is 5.53. The van der Waals surface area contributed by atoms with Crippen LogP contribution in [0.1, 0.15) is 24.5 Å². The highest BCUT2D eigenvalue weighted by atomic mass is 32.1. The van der Waals surface area contributed by atoms with Crippen molar-refractivity contribution in [2.75, 3.05) is 0 Å². The minimum absolute atomic E-state index is 0.468. The Bertz CT molecular complexity index is 662. The quantitative estimate of drug-likeness (QED) is 0.832. The molecule has 18 heavy (non-hydrogen) atoms. The van der Waals surface area contributed by atoms with E-state index in [1.165, 1.54) is 6.07 Å². The minimum Gasteiger partial charge on any atom is -0.343 e. The highest BCUT2D eigenvalue weighted by Crippen LogP contribution is 2.39.